The first-order chi connectivity index (χ1) is 11.0. The van der Waals surface area contributed by atoms with E-state index in [4.69, 9.17) is 0 Å². The van der Waals surface area contributed by atoms with Crippen molar-refractivity contribution in [3.05, 3.63) is 30.3 Å². The molecule has 0 radical (unpaired) electrons. The van der Waals surface area contributed by atoms with Gasteiger partial charge in [-0.3, -0.25) is 4.79 Å². The molecule has 2 atom stereocenters. The van der Waals surface area contributed by atoms with Crippen molar-refractivity contribution in [3.8, 4) is 0 Å². The molecule has 1 N–H and O–H groups in total. The van der Waals surface area contributed by atoms with Gasteiger partial charge in [-0.25, -0.2) is 8.42 Å². The maximum Gasteiger partial charge on any atom is 0.243 e. The Morgan fingerprint density at radius 2 is 1.88 bits per heavy atom. The van der Waals surface area contributed by atoms with Gasteiger partial charge in [0.2, 0.25) is 15.9 Å². The lowest BCUT2D eigenvalue weighted by Gasteiger charge is -2.26. The van der Waals surface area contributed by atoms with Crippen LogP contribution in [0.25, 0.3) is 0 Å². The highest BCUT2D eigenvalue weighted by Gasteiger charge is 2.32. The third-order valence-electron chi connectivity index (χ3n) is 4.69. The second-order valence-corrected chi connectivity index (χ2v) is 8.39. The lowest BCUT2D eigenvalue weighted by molar-refractivity contribution is -0.131. The lowest BCUT2D eigenvalue weighted by Crippen LogP contribution is -2.44. The maximum atomic E-state index is 12.5. The van der Waals surface area contributed by atoms with Crippen molar-refractivity contribution in [3.63, 3.8) is 0 Å². The van der Waals surface area contributed by atoms with Crippen molar-refractivity contribution in [2.24, 2.45) is 0 Å². The zero-order chi connectivity index (χ0) is 16.4. The number of carbonyl (C=O) groups is 1. The fraction of sp³-hybridized carbons (Fsp3) is 0.562. The van der Waals surface area contributed by atoms with Gasteiger partial charge < -0.3 is 10.2 Å². The summed E-state index contributed by atoms with van der Waals surface area (Å²) in [5, 5.41) is 3.52. The first kappa shape index (κ1) is 19.2. The number of likely N-dealkylation sites (N-methyl/N-ethyl adjacent to an activating group) is 1. The second kappa shape index (κ2) is 7.82. The molecule has 2 heterocycles. The number of fused-ring (bicyclic) bond motifs is 2. The molecule has 0 spiro atoms. The summed E-state index contributed by atoms with van der Waals surface area (Å²) in [7, 11) is -2.16. The van der Waals surface area contributed by atoms with Gasteiger partial charge in [0.05, 0.1) is 11.4 Å². The molecule has 1 aromatic rings. The molecular weight excluding hydrogens is 350 g/mol. The number of hydrogen-bond donors (Lipinski definition) is 1. The van der Waals surface area contributed by atoms with Gasteiger partial charge >= 0.3 is 0 Å². The summed E-state index contributed by atoms with van der Waals surface area (Å²) in [6, 6.07) is 9.07. The summed E-state index contributed by atoms with van der Waals surface area (Å²) in [6.45, 7) is 1.26. The van der Waals surface area contributed by atoms with E-state index in [1.54, 1.807) is 35.2 Å². The Morgan fingerprint density at radius 1 is 1.21 bits per heavy atom. The Hall–Kier alpha value is -1.15. The number of sulfonamides is 1. The topological polar surface area (TPSA) is 69.7 Å². The lowest BCUT2D eigenvalue weighted by atomic mass is 10.1. The molecule has 2 aliphatic heterocycles. The predicted octanol–water partition coefficient (Wildman–Crippen LogP) is 1.08. The highest BCUT2D eigenvalue weighted by atomic mass is 35.5. The van der Waals surface area contributed by atoms with E-state index in [1.807, 2.05) is 0 Å². The summed E-state index contributed by atoms with van der Waals surface area (Å²) >= 11 is 0. The summed E-state index contributed by atoms with van der Waals surface area (Å²) in [5.41, 5.74) is 0. The maximum absolute atomic E-state index is 12.5. The Balaban J connectivity index is 0.00000208. The number of benzene rings is 1. The van der Waals surface area contributed by atoms with Crippen LogP contribution in [0, 0.1) is 0 Å². The molecule has 0 aliphatic carbocycles. The van der Waals surface area contributed by atoms with Crippen molar-refractivity contribution in [2.75, 3.05) is 26.7 Å². The molecule has 1 amide bonds. The van der Waals surface area contributed by atoms with Gasteiger partial charge in [-0.2, -0.15) is 4.31 Å². The quantitative estimate of drug-likeness (QED) is 0.857. The van der Waals surface area contributed by atoms with Crippen LogP contribution in [0.4, 0.5) is 0 Å². The number of likely N-dealkylation sites (tertiary alicyclic amines) is 1. The molecular formula is C16H24ClN3O3S. The molecule has 2 bridgehead atoms. The number of carbonyl (C=O) groups excluding carboxylic acids is 1. The van der Waals surface area contributed by atoms with Crippen molar-refractivity contribution < 1.29 is 13.2 Å². The van der Waals surface area contributed by atoms with Crippen molar-refractivity contribution >= 4 is 28.3 Å². The van der Waals surface area contributed by atoms with Crippen LogP contribution in [0.15, 0.2) is 35.2 Å². The van der Waals surface area contributed by atoms with Gasteiger partial charge in [-0.05, 0) is 31.4 Å². The molecule has 0 aromatic heterocycles. The van der Waals surface area contributed by atoms with Crippen LogP contribution in [0.1, 0.15) is 19.3 Å². The molecule has 2 fully saturated rings. The normalized spacial score (nSPS) is 23.7. The fourth-order valence-electron chi connectivity index (χ4n) is 3.32. The van der Waals surface area contributed by atoms with Crippen molar-refractivity contribution in [1.82, 2.24) is 14.5 Å². The van der Waals surface area contributed by atoms with E-state index < -0.39 is 10.0 Å². The molecule has 2 aliphatic rings. The number of nitrogens with one attached hydrogen (secondary N) is 1. The number of amides is 1. The third-order valence-corrected chi connectivity index (χ3v) is 6.50. The number of hydrogen-bond acceptors (Lipinski definition) is 4. The molecule has 24 heavy (non-hydrogen) atoms. The Morgan fingerprint density at radius 3 is 2.58 bits per heavy atom. The number of halogens is 1. The van der Waals surface area contributed by atoms with E-state index >= 15 is 0 Å². The Labute approximate surface area is 149 Å². The summed E-state index contributed by atoms with van der Waals surface area (Å²) in [4.78, 5) is 14.5. The summed E-state index contributed by atoms with van der Waals surface area (Å²) < 4.78 is 26.1. The van der Waals surface area contributed by atoms with Crippen LogP contribution in [0.3, 0.4) is 0 Å². The average molecular weight is 374 g/mol. The van der Waals surface area contributed by atoms with Gasteiger partial charge in [0.1, 0.15) is 0 Å². The molecule has 1 aromatic carbocycles. The van der Waals surface area contributed by atoms with E-state index in [9.17, 15) is 13.2 Å². The van der Waals surface area contributed by atoms with Crippen LogP contribution in [0.5, 0.6) is 0 Å². The third kappa shape index (κ3) is 4.08. The van der Waals surface area contributed by atoms with E-state index in [0.717, 1.165) is 17.1 Å². The summed E-state index contributed by atoms with van der Waals surface area (Å²) in [5.74, 6) is -0.124. The molecule has 8 heteroatoms. The minimum atomic E-state index is -3.62. The van der Waals surface area contributed by atoms with Gasteiger partial charge in [-0.1, -0.05) is 18.2 Å². The monoisotopic (exact) mass is 373 g/mol. The first-order valence-electron chi connectivity index (χ1n) is 8.02. The van der Waals surface area contributed by atoms with Crippen LogP contribution in [-0.2, 0) is 14.8 Å². The zero-order valence-electron chi connectivity index (χ0n) is 13.7. The number of nitrogens with zero attached hydrogens (tertiary/aromatic N) is 2. The molecule has 2 saturated heterocycles. The molecule has 134 valence electrons. The predicted molar refractivity (Wildman–Crippen MR) is 94.6 cm³/mol. The van der Waals surface area contributed by atoms with Crippen molar-refractivity contribution in [2.45, 2.75) is 36.2 Å². The standard InChI is InChI=1S/C16H23N3O3S.ClH/c1-18(23(21,22)15-5-3-2-4-6-15)12-16(20)19-10-9-13-7-8-14(11-19)17-13;/h2-6,13-14,17H,7-12H2,1H3;1H. The highest BCUT2D eigenvalue weighted by molar-refractivity contribution is 7.89. The van der Waals surface area contributed by atoms with Crippen LogP contribution in [0.2, 0.25) is 0 Å². The molecule has 2 unspecified atom stereocenters. The van der Waals surface area contributed by atoms with Crippen molar-refractivity contribution in [1.29, 1.82) is 0 Å². The molecule has 6 nitrogen and oxygen atoms in total. The van der Waals surface area contributed by atoms with Gasteiger partial charge in [0, 0.05) is 32.2 Å². The van der Waals surface area contributed by atoms with E-state index in [2.05, 4.69) is 5.32 Å². The van der Waals surface area contributed by atoms with Crippen LogP contribution < -0.4 is 5.32 Å². The molecule has 0 saturated carbocycles. The smallest absolute Gasteiger partial charge is 0.243 e. The number of rotatable bonds is 4. The molecule has 3 rings (SSSR count). The zero-order valence-corrected chi connectivity index (χ0v) is 15.4. The second-order valence-electron chi connectivity index (χ2n) is 6.34. The van der Waals surface area contributed by atoms with Gasteiger partial charge in [-0.15, -0.1) is 12.4 Å². The summed E-state index contributed by atoms with van der Waals surface area (Å²) in [6.07, 6.45) is 3.21. The average Bonchev–Trinajstić information content (AvgIpc) is 2.87. The largest absolute Gasteiger partial charge is 0.340 e. The van der Waals surface area contributed by atoms with E-state index in [-0.39, 0.29) is 29.8 Å². The van der Waals surface area contributed by atoms with Gasteiger partial charge in [0.15, 0.2) is 0 Å². The van der Waals surface area contributed by atoms with E-state index in [0.29, 0.717) is 25.2 Å². The van der Waals surface area contributed by atoms with Gasteiger partial charge in [0.25, 0.3) is 0 Å². The minimum absolute atomic E-state index is 0. The van der Waals surface area contributed by atoms with Crippen LogP contribution >= 0.6 is 12.4 Å². The fourth-order valence-corrected chi connectivity index (χ4v) is 4.46. The minimum Gasteiger partial charge on any atom is -0.340 e. The highest BCUT2D eigenvalue weighted by Crippen LogP contribution is 2.21. The van der Waals surface area contributed by atoms with E-state index in [1.165, 1.54) is 13.5 Å². The Kier molecular flexibility index (Phi) is 6.25. The SMILES string of the molecule is CN(CC(=O)N1CCC2CCC(C1)N2)S(=O)(=O)c1ccccc1.Cl. The Bertz CT molecular complexity index is 668. The first-order valence-corrected chi connectivity index (χ1v) is 9.46. The van der Waals surface area contributed by atoms with Crippen LogP contribution in [-0.4, -0.2) is 62.3 Å².